The van der Waals surface area contributed by atoms with E-state index in [0.29, 0.717) is 102 Å². The van der Waals surface area contributed by atoms with E-state index in [4.69, 9.17) is 40.1 Å². The van der Waals surface area contributed by atoms with Crippen molar-refractivity contribution in [2.75, 3.05) is 70.8 Å². The maximum absolute atomic E-state index is 13.7. The first kappa shape index (κ1) is 99.4. The van der Waals surface area contributed by atoms with Gasteiger partial charge in [-0.15, -0.1) is 56.7 Å². The number of imidazole rings is 3. The number of aryl methyl sites for hydroxylation is 10. The minimum Gasteiger partial charge on any atom is -0.478 e. The molecule has 30 nitrogen and oxygen atoms in total. The molecule has 16 aromatic rings. The number of aromatic carboxylic acids is 2. The van der Waals surface area contributed by atoms with Gasteiger partial charge in [-0.3, -0.25) is 14.4 Å². The predicted octanol–water partition coefficient (Wildman–Crippen LogP) is 20.5. The highest BCUT2D eigenvalue weighted by molar-refractivity contribution is 9.11. The molecule has 2 aliphatic heterocycles. The van der Waals surface area contributed by atoms with Gasteiger partial charge in [0.15, 0.2) is 17.5 Å². The first-order chi connectivity index (χ1) is 65.2. The zero-order chi connectivity index (χ0) is 96.6. The van der Waals surface area contributed by atoms with E-state index in [1.54, 1.807) is 90.3 Å². The quantitative estimate of drug-likeness (QED) is 0.0246. The lowest BCUT2D eigenvalue weighted by Crippen LogP contribution is -2.42. The number of nitrogens with zero attached hydrogens (tertiary/aromatic N) is 12. The first-order valence-corrected chi connectivity index (χ1v) is 51.0. The largest absolute Gasteiger partial charge is 0.488 e. The van der Waals surface area contributed by atoms with Gasteiger partial charge in [0.2, 0.25) is 11.8 Å². The third kappa shape index (κ3) is 23.2. The summed E-state index contributed by atoms with van der Waals surface area (Å²) in [4.78, 5) is 127. The molecule has 4 fully saturated rings. The Morgan fingerprint density at radius 2 is 0.904 bits per heavy atom. The fourth-order valence-corrected chi connectivity index (χ4v) is 23.4. The van der Waals surface area contributed by atoms with Crippen LogP contribution >= 0.6 is 104 Å². The molecule has 136 heavy (non-hydrogen) atoms. The number of carbonyl (C=O) groups excluding carboxylic acids is 4. The number of carboxylic acids is 2. The third-order valence-corrected chi connectivity index (χ3v) is 31.2. The molecular weight excluding hydrogens is 2020 g/mol. The van der Waals surface area contributed by atoms with Crippen molar-refractivity contribution >= 4 is 219 Å². The number of halogens is 3. The van der Waals surface area contributed by atoms with Crippen LogP contribution in [0.1, 0.15) is 181 Å². The van der Waals surface area contributed by atoms with Gasteiger partial charge in [0.25, 0.3) is 5.91 Å². The number of ether oxygens (including phenoxy) is 3. The van der Waals surface area contributed by atoms with E-state index >= 15 is 0 Å². The summed E-state index contributed by atoms with van der Waals surface area (Å²) in [6, 6.07) is 33.8. The normalized spacial score (nSPS) is 14.1. The summed E-state index contributed by atoms with van der Waals surface area (Å²) >= 11 is 18.1. The maximum atomic E-state index is 13.7. The van der Waals surface area contributed by atoms with Crippen molar-refractivity contribution in [1.82, 2.24) is 73.8 Å². The highest BCUT2D eigenvalue weighted by Crippen LogP contribution is 2.47. The number of amides is 3. The van der Waals surface area contributed by atoms with Crippen molar-refractivity contribution in [3.05, 3.63) is 208 Å². The van der Waals surface area contributed by atoms with Gasteiger partial charge in [-0.2, -0.15) is 0 Å². The molecule has 2 saturated carbocycles. The number of carbonyl (C=O) groups is 6. The van der Waals surface area contributed by atoms with E-state index in [0.717, 1.165) is 198 Å². The molecule has 0 radical (unpaired) electrons. The average molecular weight is 2130 g/mol. The minimum atomic E-state index is -1.47. The van der Waals surface area contributed by atoms with Gasteiger partial charge >= 0.3 is 25.0 Å². The third-order valence-electron chi connectivity index (χ3n) is 24.0. The number of benzene rings is 6. The van der Waals surface area contributed by atoms with Crippen molar-refractivity contribution in [3.8, 4) is 43.4 Å². The molecule has 10 aromatic heterocycles. The summed E-state index contributed by atoms with van der Waals surface area (Å²) < 4.78 is 22.7. The van der Waals surface area contributed by atoms with E-state index in [2.05, 4.69) is 120 Å². The Bertz CT molecular complexity index is 7140. The smallest absolute Gasteiger partial charge is 0.478 e. The van der Waals surface area contributed by atoms with Gasteiger partial charge < -0.3 is 79.4 Å². The topological polar surface area (TPSA) is 416 Å². The van der Waals surface area contributed by atoms with Crippen LogP contribution in [0.4, 0.5) is 11.4 Å². The molecule has 3 amide bonds. The number of anilines is 2. The molecule has 12 heterocycles. The number of carboxylic acid groups (broad SMARTS) is 2. The summed E-state index contributed by atoms with van der Waals surface area (Å²) in [7, 11) is -0.0831. The molecule has 0 unspecified atom stereocenters. The van der Waals surface area contributed by atoms with Crippen LogP contribution in [0.25, 0.3) is 98.3 Å². The Morgan fingerprint density at radius 3 is 1.37 bits per heavy atom. The number of aromatic amines is 3. The number of fused-ring (bicyclic) bond motifs is 5. The molecule has 4 aliphatic rings. The number of aromatic nitrogens is 13. The monoisotopic (exact) mass is 2120 g/mol. The van der Waals surface area contributed by atoms with Crippen LogP contribution in [-0.4, -0.2) is 196 Å². The van der Waals surface area contributed by atoms with E-state index in [-0.39, 0.29) is 42.3 Å². The lowest BCUT2D eigenvalue weighted by atomic mass is 9.80. The number of rotatable bonds is 16. The van der Waals surface area contributed by atoms with Crippen molar-refractivity contribution in [1.29, 1.82) is 0 Å². The Hall–Kier alpha value is -11.1. The van der Waals surface area contributed by atoms with Crippen LogP contribution in [-0.2, 0) is 36.9 Å². The fourth-order valence-electron chi connectivity index (χ4n) is 17.6. The van der Waals surface area contributed by atoms with Crippen LogP contribution in [0, 0.1) is 69.2 Å². The molecule has 10 N–H and O–H groups in total. The van der Waals surface area contributed by atoms with E-state index in [1.165, 1.54) is 66.6 Å². The van der Waals surface area contributed by atoms with Crippen LogP contribution in [0.2, 0.25) is 0 Å². The Morgan fingerprint density at radius 1 is 0.478 bits per heavy atom. The predicted molar refractivity (Wildman–Crippen MR) is 550 cm³/mol. The standard InChI is InChI=1S/C33H35N5O4S.C22H27BrN2O4.C12H12BN3O2S.C12H12BrN3OS.C12H10BrN3S.C6H7NO2S/c1-19-31(43-20(2)34-19)32-35-25-11-9-22(16-26(25)36-32)30-29(21-6-4-3-5-7-21)24-10-8-23(33(40)41)17-27(24)38(30)18-28(39)37-12-14-42-15-13-37;1-28-22(27)16-7-8-17-18(13-16)25(14-19(26)24-9-11-29-12-10-24)21(23)20(17)15-5-3-2-4-6-15;1-6-11(19-7(2)14-6)12-15-9-4-3-8(13(17)18)5-10(9)16-12;1-6-11(18-7(2)15-6)12(17)16-10-4-3-8(13)5-9(10)14;1-6-11(17-7(2)14-6)12-15-9-4-3-8(13)5-10(9)16-12;1-3-5(6(8)9)10-4(2)7-3/h8-11,16-17,21H,3-7,12-15,18H2,1-2H3,(H,35,36)(H,40,41);7-8,13,15H,2-6,9-12,14H2,1H3;3-5,17-18H,1-2H3,(H,15,16);3-5H,14H2,1-2H3,(H,16,17);3-5H,1-2H3,(H,15,16);1-2H3,(H,8,9). The number of hydrogen-bond acceptors (Lipinski definition) is 25. The lowest BCUT2D eigenvalue weighted by Gasteiger charge is -2.28. The number of H-pyrrole nitrogens is 3. The number of morpholine rings is 2. The number of thiazole rings is 5. The summed E-state index contributed by atoms with van der Waals surface area (Å²) in [5.41, 5.74) is 24.0. The molecule has 0 bridgehead atoms. The van der Waals surface area contributed by atoms with Crippen molar-refractivity contribution in [3.63, 3.8) is 0 Å². The van der Waals surface area contributed by atoms with E-state index in [9.17, 15) is 33.9 Å². The first-order valence-electron chi connectivity index (χ1n) is 44.6. The number of methoxy groups -OCH3 is 1. The average Bonchev–Trinajstić information content (AvgIpc) is 1.56. The van der Waals surface area contributed by atoms with Gasteiger partial charge in [0.05, 0.1) is 179 Å². The highest BCUT2D eigenvalue weighted by atomic mass is 79.9. The molecule has 708 valence electrons. The summed E-state index contributed by atoms with van der Waals surface area (Å²) in [5, 5.41) is 46.5. The minimum absolute atomic E-state index is 0.0123. The number of esters is 1. The Balaban J connectivity index is 0.000000132. The number of nitrogen functional groups attached to an aromatic ring is 1. The lowest BCUT2D eigenvalue weighted by molar-refractivity contribution is -0.136. The zero-order valence-electron chi connectivity index (χ0n) is 76.8. The maximum Gasteiger partial charge on any atom is 0.488 e. The second-order valence-corrected chi connectivity index (χ2v) is 42.2. The Labute approximate surface area is 829 Å². The van der Waals surface area contributed by atoms with E-state index < -0.39 is 19.1 Å². The summed E-state index contributed by atoms with van der Waals surface area (Å²) in [6.07, 6.45) is 11.8. The Kier molecular flexibility index (Phi) is 32.3. The molecule has 6 aromatic carbocycles. The second-order valence-electron chi connectivity index (χ2n) is 33.6. The summed E-state index contributed by atoms with van der Waals surface area (Å²) in [5.74, 6) is 0.963. The van der Waals surface area contributed by atoms with Crippen molar-refractivity contribution in [2.24, 2.45) is 0 Å². The van der Waals surface area contributed by atoms with Gasteiger partial charge in [0, 0.05) is 51.5 Å². The zero-order valence-corrected chi connectivity index (χ0v) is 85.7. The molecule has 0 spiro atoms. The molecular formula is C97H103BBr3N17O13S5. The number of nitrogens with one attached hydrogen (secondary N) is 4. The van der Waals surface area contributed by atoms with Crippen LogP contribution < -0.4 is 16.5 Å². The number of hydrogen-bond donors (Lipinski definition) is 9. The second kappa shape index (κ2) is 44.2. The van der Waals surface area contributed by atoms with Gasteiger partial charge in [-0.25, -0.2) is 54.3 Å². The van der Waals surface area contributed by atoms with Crippen LogP contribution in [0.3, 0.4) is 0 Å². The highest BCUT2D eigenvalue weighted by Gasteiger charge is 2.33. The van der Waals surface area contributed by atoms with Gasteiger partial charge in [-0.1, -0.05) is 94.7 Å². The molecule has 39 heteroatoms. The van der Waals surface area contributed by atoms with E-state index in [1.807, 2.05) is 124 Å². The van der Waals surface area contributed by atoms with Crippen molar-refractivity contribution in [2.45, 2.75) is 158 Å². The molecule has 0 atom stereocenters. The fraction of sp³-hybridized carbons (Fsp3) is 0.340. The van der Waals surface area contributed by atoms with Crippen LogP contribution in [0.5, 0.6) is 0 Å². The molecule has 2 saturated heterocycles. The van der Waals surface area contributed by atoms with Gasteiger partial charge in [0.1, 0.15) is 22.8 Å². The van der Waals surface area contributed by atoms with Gasteiger partial charge in [-0.05, 0) is 224 Å². The van der Waals surface area contributed by atoms with Crippen molar-refractivity contribution < 1.29 is 63.2 Å². The summed E-state index contributed by atoms with van der Waals surface area (Å²) in [6.45, 7) is 24.1. The molecule has 20 rings (SSSR count). The van der Waals surface area contributed by atoms with Crippen LogP contribution in [0.15, 0.2) is 123 Å². The molecule has 2 aliphatic carbocycles. The number of nitrogens with two attached hydrogens (primary N) is 1. The SMILES string of the molecule is COC(=O)c1ccc2c(C3CCCCC3)c(Br)n(CC(=O)N3CCOCC3)c2c1.Cc1nc(C)c(-c2nc3ccc(-c4c(C5CCCCC5)c5ccc(C(=O)O)cc5n4CC(=O)N4CCOCC4)cc3[nH]2)s1.Cc1nc(C)c(-c2nc3ccc(B(O)O)cc3[nH]2)s1.Cc1nc(C)c(-c2nc3ccc(Br)cc3[nH]2)s1.Cc1nc(C)c(C(=O)Nc2ccc(Br)cc2N)s1.Cc1nc(C)c(C(=O)O)s1.